The van der Waals surface area contributed by atoms with E-state index in [4.69, 9.17) is 14.2 Å². The standard InChI is InChI=1S/C18H14F2N2O3/c1-21-10-8-11(19)17(12(20)9-10)25-14-4-5-22-13-2-3-15-18(16(13)14)24-7-6-23-15/h2-5,8-9,21H,6-7H2,1H3. The molecule has 2 heterocycles. The molecule has 0 aliphatic carbocycles. The Morgan fingerprint density at radius 1 is 1.08 bits per heavy atom. The Labute approximate surface area is 142 Å². The number of fused-ring (bicyclic) bond motifs is 3. The summed E-state index contributed by atoms with van der Waals surface area (Å²) in [4.78, 5) is 4.25. The molecule has 1 aliphatic rings. The van der Waals surface area contributed by atoms with Crippen LogP contribution in [0.1, 0.15) is 0 Å². The van der Waals surface area contributed by atoms with Crippen LogP contribution < -0.4 is 19.5 Å². The number of rotatable bonds is 3. The molecular formula is C18H14F2N2O3. The van der Waals surface area contributed by atoms with E-state index in [0.717, 1.165) is 12.1 Å². The second-order valence-electron chi connectivity index (χ2n) is 5.41. The second kappa shape index (κ2) is 6.08. The van der Waals surface area contributed by atoms with Crippen LogP contribution in [0.2, 0.25) is 0 Å². The maximum absolute atomic E-state index is 14.2. The molecule has 2 aromatic carbocycles. The summed E-state index contributed by atoms with van der Waals surface area (Å²) in [5, 5.41) is 3.20. The summed E-state index contributed by atoms with van der Waals surface area (Å²) in [6, 6.07) is 7.35. The van der Waals surface area contributed by atoms with Gasteiger partial charge in [-0.05, 0) is 18.2 Å². The minimum absolute atomic E-state index is 0.238. The Morgan fingerprint density at radius 2 is 1.84 bits per heavy atom. The largest absolute Gasteiger partial charge is 0.486 e. The molecule has 0 bridgehead atoms. The van der Waals surface area contributed by atoms with E-state index < -0.39 is 17.4 Å². The van der Waals surface area contributed by atoms with E-state index in [1.54, 1.807) is 19.2 Å². The summed E-state index contributed by atoms with van der Waals surface area (Å²) < 4.78 is 45.3. The molecule has 0 radical (unpaired) electrons. The first-order valence-corrected chi connectivity index (χ1v) is 7.69. The molecule has 7 heteroatoms. The van der Waals surface area contributed by atoms with Crippen LogP contribution in [0.15, 0.2) is 36.5 Å². The van der Waals surface area contributed by atoms with E-state index in [9.17, 15) is 8.78 Å². The molecule has 1 aliphatic heterocycles. The van der Waals surface area contributed by atoms with Gasteiger partial charge in [-0.2, -0.15) is 0 Å². The highest BCUT2D eigenvalue weighted by Gasteiger charge is 2.21. The zero-order valence-corrected chi connectivity index (χ0v) is 13.3. The molecule has 5 nitrogen and oxygen atoms in total. The zero-order valence-electron chi connectivity index (χ0n) is 13.3. The van der Waals surface area contributed by atoms with Crippen LogP contribution in [0.3, 0.4) is 0 Å². The Morgan fingerprint density at radius 3 is 2.60 bits per heavy atom. The molecule has 128 valence electrons. The average molecular weight is 344 g/mol. The van der Waals surface area contributed by atoms with E-state index in [1.165, 1.54) is 12.3 Å². The monoisotopic (exact) mass is 344 g/mol. The number of anilines is 1. The lowest BCUT2D eigenvalue weighted by Gasteiger charge is -2.21. The third-order valence-corrected chi connectivity index (χ3v) is 3.87. The van der Waals surface area contributed by atoms with Gasteiger partial charge in [0.05, 0.1) is 10.9 Å². The fraction of sp³-hybridized carbons (Fsp3) is 0.167. The van der Waals surface area contributed by atoms with Crippen LogP contribution in [0.4, 0.5) is 14.5 Å². The number of pyridine rings is 1. The van der Waals surface area contributed by atoms with Gasteiger partial charge in [0, 0.05) is 31.1 Å². The molecular weight excluding hydrogens is 330 g/mol. The SMILES string of the molecule is CNc1cc(F)c(Oc2ccnc3ccc4c(c23)OCCO4)c(F)c1. The minimum Gasteiger partial charge on any atom is -0.486 e. The van der Waals surface area contributed by atoms with Crippen molar-refractivity contribution in [1.82, 2.24) is 4.98 Å². The Bertz CT molecular complexity index is 939. The molecule has 0 unspecified atom stereocenters. The Balaban J connectivity index is 1.85. The van der Waals surface area contributed by atoms with Crippen LogP contribution in [0.5, 0.6) is 23.0 Å². The average Bonchev–Trinajstić information content (AvgIpc) is 2.64. The van der Waals surface area contributed by atoms with Crippen LogP contribution in [-0.4, -0.2) is 25.2 Å². The van der Waals surface area contributed by atoms with E-state index in [-0.39, 0.29) is 5.75 Å². The summed E-state index contributed by atoms with van der Waals surface area (Å²) in [6.45, 7) is 0.809. The van der Waals surface area contributed by atoms with Gasteiger partial charge in [0.25, 0.3) is 0 Å². The molecule has 25 heavy (non-hydrogen) atoms. The summed E-state index contributed by atoms with van der Waals surface area (Å²) in [6.07, 6.45) is 1.51. The van der Waals surface area contributed by atoms with Gasteiger partial charge in [-0.25, -0.2) is 8.78 Å². The molecule has 3 aromatic rings. The van der Waals surface area contributed by atoms with Gasteiger partial charge in [-0.1, -0.05) is 0 Å². The van der Waals surface area contributed by atoms with Crippen molar-refractivity contribution in [3.8, 4) is 23.0 Å². The van der Waals surface area contributed by atoms with Crippen molar-refractivity contribution in [1.29, 1.82) is 0 Å². The lowest BCUT2D eigenvalue weighted by atomic mass is 10.1. The van der Waals surface area contributed by atoms with Gasteiger partial charge in [-0.3, -0.25) is 4.98 Å². The molecule has 0 fully saturated rings. The summed E-state index contributed by atoms with van der Waals surface area (Å²) in [5.41, 5.74) is 0.894. The normalized spacial score (nSPS) is 12.9. The number of hydrogen-bond donors (Lipinski definition) is 1. The minimum atomic E-state index is -0.809. The van der Waals surface area contributed by atoms with Gasteiger partial charge in [0.15, 0.2) is 28.9 Å². The first-order valence-electron chi connectivity index (χ1n) is 7.69. The number of aromatic nitrogens is 1. The predicted molar refractivity (Wildman–Crippen MR) is 88.7 cm³/mol. The molecule has 4 rings (SSSR count). The molecule has 0 saturated carbocycles. The van der Waals surface area contributed by atoms with Crippen LogP contribution in [0, 0.1) is 11.6 Å². The van der Waals surface area contributed by atoms with Crippen molar-refractivity contribution in [2.24, 2.45) is 0 Å². The summed E-state index contributed by atoms with van der Waals surface area (Å²) in [7, 11) is 1.58. The highest BCUT2D eigenvalue weighted by Crippen LogP contribution is 2.43. The lowest BCUT2D eigenvalue weighted by molar-refractivity contribution is 0.173. The lowest BCUT2D eigenvalue weighted by Crippen LogP contribution is -2.15. The van der Waals surface area contributed by atoms with Gasteiger partial charge in [0.1, 0.15) is 19.0 Å². The number of hydrogen-bond acceptors (Lipinski definition) is 5. The number of benzene rings is 2. The fourth-order valence-corrected chi connectivity index (χ4v) is 2.72. The summed E-state index contributed by atoms with van der Waals surface area (Å²) >= 11 is 0. The molecule has 0 spiro atoms. The van der Waals surface area contributed by atoms with Crippen molar-refractivity contribution in [2.75, 3.05) is 25.6 Å². The Kier molecular flexibility index (Phi) is 3.76. The maximum Gasteiger partial charge on any atom is 0.198 e. The highest BCUT2D eigenvalue weighted by molar-refractivity contribution is 5.93. The van der Waals surface area contributed by atoms with Crippen molar-refractivity contribution in [2.45, 2.75) is 0 Å². The molecule has 1 aromatic heterocycles. The quantitative estimate of drug-likeness (QED) is 0.775. The second-order valence-corrected chi connectivity index (χ2v) is 5.41. The van der Waals surface area contributed by atoms with Gasteiger partial charge >= 0.3 is 0 Å². The third kappa shape index (κ3) is 2.67. The number of ether oxygens (including phenoxy) is 3. The predicted octanol–water partition coefficient (Wildman–Crippen LogP) is 4.12. The van der Waals surface area contributed by atoms with Crippen molar-refractivity contribution in [3.63, 3.8) is 0 Å². The van der Waals surface area contributed by atoms with Gasteiger partial charge < -0.3 is 19.5 Å². The van der Waals surface area contributed by atoms with Gasteiger partial charge in [0.2, 0.25) is 0 Å². The summed E-state index contributed by atoms with van der Waals surface area (Å²) in [5.74, 6) is -0.863. The number of nitrogens with one attached hydrogen (secondary N) is 1. The molecule has 1 N–H and O–H groups in total. The zero-order chi connectivity index (χ0) is 17.4. The fourth-order valence-electron chi connectivity index (χ4n) is 2.72. The van der Waals surface area contributed by atoms with E-state index in [1.807, 2.05) is 0 Å². The van der Waals surface area contributed by atoms with Crippen LogP contribution in [0.25, 0.3) is 10.9 Å². The van der Waals surface area contributed by atoms with E-state index in [2.05, 4.69) is 10.3 Å². The number of nitrogens with zero attached hydrogens (tertiary/aromatic N) is 1. The van der Waals surface area contributed by atoms with Crippen molar-refractivity contribution < 1.29 is 23.0 Å². The topological polar surface area (TPSA) is 52.6 Å². The molecule has 0 atom stereocenters. The number of halogens is 2. The van der Waals surface area contributed by atoms with Crippen molar-refractivity contribution >= 4 is 16.6 Å². The first kappa shape index (κ1) is 15.4. The molecule has 0 amide bonds. The smallest absolute Gasteiger partial charge is 0.198 e. The van der Waals surface area contributed by atoms with Crippen LogP contribution in [-0.2, 0) is 0 Å². The third-order valence-electron chi connectivity index (χ3n) is 3.87. The Hall–Kier alpha value is -3.09. The van der Waals surface area contributed by atoms with Crippen molar-refractivity contribution in [3.05, 3.63) is 48.2 Å². The van der Waals surface area contributed by atoms with Crippen LogP contribution >= 0.6 is 0 Å². The highest BCUT2D eigenvalue weighted by atomic mass is 19.1. The first-order chi connectivity index (χ1) is 12.2. The maximum atomic E-state index is 14.2. The van der Waals surface area contributed by atoms with E-state index >= 15 is 0 Å². The van der Waals surface area contributed by atoms with E-state index in [0.29, 0.717) is 41.3 Å². The molecule has 0 saturated heterocycles. The van der Waals surface area contributed by atoms with Gasteiger partial charge in [-0.15, -0.1) is 0 Å².